The third-order valence-corrected chi connectivity index (χ3v) is 6.94. The Labute approximate surface area is 189 Å². The topological polar surface area (TPSA) is 85.5 Å². The highest BCUT2D eigenvalue weighted by Gasteiger charge is 2.34. The molecule has 2 unspecified atom stereocenters. The van der Waals surface area contributed by atoms with Crippen molar-refractivity contribution in [1.29, 1.82) is 0 Å². The molecule has 0 spiro atoms. The molecule has 5 aromatic rings. The van der Waals surface area contributed by atoms with Crippen molar-refractivity contribution in [2.45, 2.75) is 25.3 Å². The standard InChI is InChI=1S/C26H23N3O4/c1-27-25(32)22-16(13-30)20-14-7-3-5-9-17(14)28-12-11-19(31)26(33-2)29-18-10-6-4-8-15(18)21(22)24(29)23(20)28/h3-10,13,19,26,31H,11-12H2,1-2H3,(H,27,32). The van der Waals surface area contributed by atoms with Crippen molar-refractivity contribution in [3.05, 3.63) is 59.7 Å². The third-order valence-electron chi connectivity index (χ3n) is 6.94. The highest BCUT2D eigenvalue weighted by molar-refractivity contribution is 6.32. The molecule has 0 fully saturated rings. The normalized spacial score (nSPS) is 18.3. The number of amides is 1. The number of ether oxygens (including phenoxy) is 1. The summed E-state index contributed by atoms with van der Waals surface area (Å²) in [4.78, 5) is 25.9. The Balaban J connectivity index is 2.04. The number of hydrogen-bond acceptors (Lipinski definition) is 4. The number of aliphatic hydroxyl groups is 1. The van der Waals surface area contributed by atoms with Crippen LogP contribution in [0, 0.1) is 0 Å². The van der Waals surface area contributed by atoms with Crippen molar-refractivity contribution in [3.63, 3.8) is 0 Å². The number of aryl methyl sites for hydroxylation is 1. The van der Waals surface area contributed by atoms with E-state index in [2.05, 4.69) is 9.88 Å². The average molecular weight is 441 g/mol. The lowest BCUT2D eigenvalue weighted by atomic mass is 9.95. The van der Waals surface area contributed by atoms with Gasteiger partial charge < -0.3 is 24.3 Å². The Bertz CT molecular complexity index is 1610. The zero-order valence-corrected chi connectivity index (χ0v) is 18.3. The van der Waals surface area contributed by atoms with E-state index in [0.717, 1.165) is 44.5 Å². The molecule has 3 aromatic carbocycles. The van der Waals surface area contributed by atoms with Gasteiger partial charge in [-0.25, -0.2) is 0 Å². The smallest absolute Gasteiger partial charge is 0.252 e. The van der Waals surface area contributed by atoms with Crippen LogP contribution in [-0.2, 0) is 11.3 Å². The molecule has 6 rings (SSSR count). The Kier molecular flexibility index (Phi) is 4.33. The van der Waals surface area contributed by atoms with Crippen LogP contribution in [0.3, 0.4) is 0 Å². The molecule has 2 atom stereocenters. The maximum Gasteiger partial charge on any atom is 0.252 e. The molecule has 33 heavy (non-hydrogen) atoms. The van der Waals surface area contributed by atoms with Gasteiger partial charge in [0.05, 0.1) is 22.1 Å². The Morgan fingerprint density at radius 3 is 2.39 bits per heavy atom. The van der Waals surface area contributed by atoms with Gasteiger partial charge in [-0.2, -0.15) is 0 Å². The van der Waals surface area contributed by atoms with Crippen molar-refractivity contribution in [1.82, 2.24) is 14.5 Å². The number of aliphatic hydroxyl groups excluding tert-OH is 1. The molecule has 0 aliphatic carbocycles. The largest absolute Gasteiger partial charge is 0.388 e. The predicted molar refractivity (Wildman–Crippen MR) is 128 cm³/mol. The number of methoxy groups -OCH3 is 1. The fourth-order valence-electron chi connectivity index (χ4n) is 5.64. The van der Waals surface area contributed by atoms with E-state index in [-0.39, 0.29) is 5.91 Å². The van der Waals surface area contributed by atoms with Crippen LogP contribution >= 0.6 is 0 Å². The van der Waals surface area contributed by atoms with Gasteiger partial charge >= 0.3 is 0 Å². The van der Waals surface area contributed by atoms with Crippen LogP contribution in [0.4, 0.5) is 0 Å². The molecule has 166 valence electrons. The maximum atomic E-state index is 13.3. The maximum absolute atomic E-state index is 13.3. The van der Waals surface area contributed by atoms with Gasteiger partial charge in [0.1, 0.15) is 6.10 Å². The number of nitrogens with zero attached hydrogens (tertiary/aromatic N) is 2. The summed E-state index contributed by atoms with van der Waals surface area (Å²) in [6.45, 7) is 0.555. The van der Waals surface area contributed by atoms with Gasteiger partial charge in [-0.1, -0.05) is 36.4 Å². The first-order valence-corrected chi connectivity index (χ1v) is 11.0. The quantitative estimate of drug-likeness (QED) is 0.415. The first kappa shape index (κ1) is 20.0. The summed E-state index contributed by atoms with van der Waals surface area (Å²) in [5.41, 5.74) is 4.20. The van der Waals surface area contributed by atoms with E-state index in [1.807, 2.05) is 53.1 Å². The van der Waals surface area contributed by atoms with Gasteiger partial charge in [-0.3, -0.25) is 9.59 Å². The van der Waals surface area contributed by atoms with Gasteiger partial charge in [0.2, 0.25) is 0 Å². The summed E-state index contributed by atoms with van der Waals surface area (Å²) in [5.74, 6) is -0.324. The predicted octanol–water partition coefficient (Wildman–Crippen LogP) is 3.98. The summed E-state index contributed by atoms with van der Waals surface area (Å²) in [6.07, 6.45) is -0.119. The zero-order chi connectivity index (χ0) is 22.9. The summed E-state index contributed by atoms with van der Waals surface area (Å²) in [7, 11) is 3.16. The molecule has 0 radical (unpaired) electrons. The van der Waals surface area contributed by atoms with Gasteiger partial charge in [-0.05, 0) is 18.6 Å². The zero-order valence-electron chi connectivity index (χ0n) is 18.3. The molecular weight excluding hydrogens is 418 g/mol. The van der Waals surface area contributed by atoms with Crippen LogP contribution in [0.5, 0.6) is 0 Å². The van der Waals surface area contributed by atoms with Crippen molar-refractivity contribution in [2.75, 3.05) is 14.2 Å². The minimum Gasteiger partial charge on any atom is -0.388 e. The van der Waals surface area contributed by atoms with Gasteiger partial charge in [0.15, 0.2) is 12.5 Å². The minimum atomic E-state index is -0.757. The van der Waals surface area contributed by atoms with Crippen molar-refractivity contribution in [2.24, 2.45) is 0 Å². The summed E-state index contributed by atoms with van der Waals surface area (Å²) < 4.78 is 9.99. The number of aromatic nitrogens is 2. The molecule has 0 saturated carbocycles. The van der Waals surface area contributed by atoms with Crippen LogP contribution in [0.15, 0.2) is 48.5 Å². The van der Waals surface area contributed by atoms with E-state index in [9.17, 15) is 14.7 Å². The molecule has 7 nitrogen and oxygen atoms in total. The number of carbonyl (C=O) groups excluding carboxylic acids is 2. The van der Waals surface area contributed by atoms with Crippen LogP contribution in [0.25, 0.3) is 43.6 Å². The van der Waals surface area contributed by atoms with E-state index in [0.29, 0.717) is 29.5 Å². The first-order valence-electron chi connectivity index (χ1n) is 11.0. The average Bonchev–Trinajstić information content (AvgIpc) is 3.34. The van der Waals surface area contributed by atoms with Crippen molar-refractivity contribution in [3.8, 4) is 0 Å². The minimum absolute atomic E-state index is 0.324. The molecule has 0 saturated heterocycles. The molecule has 3 heterocycles. The number of hydrogen-bond donors (Lipinski definition) is 2. The van der Waals surface area contributed by atoms with Crippen LogP contribution in [-0.4, -0.2) is 46.7 Å². The molecular formula is C26H23N3O4. The van der Waals surface area contributed by atoms with Gasteiger partial charge in [-0.15, -0.1) is 0 Å². The third kappa shape index (κ3) is 2.46. The number of para-hydroxylation sites is 2. The molecule has 2 aromatic heterocycles. The highest BCUT2D eigenvalue weighted by Crippen LogP contribution is 2.45. The number of nitrogens with one attached hydrogen (secondary N) is 1. The van der Waals surface area contributed by atoms with Crippen molar-refractivity contribution >= 4 is 55.8 Å². The molecule has 2 N–H and O–H groups in total. The molecule has 1 aliphatic rings. The number of benzene rings is 3. The molecule has 1 amide bonds. The van der Waals surface area contributed by atoms with Crippen LogP contribution in [0.2, 0.25) is 0 Å². The molecule has 1 aliphatic heterocycles. The lowest BCUT2D eigenvalue weighted by Crippen LogP contribution is -2.29. The Hall–Kier alpha value is -3.68. The highest BCUT2D eigenvalue weighted by atomic mass is 16.5. The van der Waals surface area contributed by atoms with Gasteiger partial charge in [0.25, 0.3) is 5.91 Å². The number of fused-ring (bicyclic) bond motifs is 6. The fraction of sp³-hybridized carbons (Fsp3) is 0.231. The second-order valence-electron chi connectivity index (χ2n) is 8.47. The fourth-order valence-corrected chi connectivity index (χ4v) is 5.64. The molecule has 0 bridgehead atoms. The summed E-state index contributed by atoms with van der Waals surface area (Å²) in [6, 6.07) is 15.7. The van der Waals surface area contributed by atoms with E-state index < -0.39 is 12.3 Å². The van der Waals surface area contributed by atoms with E-state index in [4.69, 9.17) is 4.74 Å². The number of aldehydes is 1. The Morgan fingerprint density at radius 2 is 1.73 bits per heavy atom. The van der Waals surface area contributed by atoms with Crippen LogP contribution < -0.4 is 5.32 Å². The number of rotatable bonds is 3. The van der Waals surface area contributed by atoms with Crippen LogP contribution in [0.1, 0.15) is 33.4 Å². The second kappa shape index (κ2) is 7.16. The van der Waals surface area contributed by atoms with Gasteiger partial charge in [0, 0.05) is 53.3 Å². The van der Waals surface area contributed by atoms with E-state index in [1.54, 1.807) is 14.2 Å². The number of carbonyl (C=O) groups is 2. The van der Waals surface area contributed by atoms with E-state index in [1.165, 1.54) is 0 Å². The second-order valence-corrected chi connectivity index (χ2v) is 8.47. The lowest BCUT2D eigenvalue weighted by molar-refractivity contribution is -0.0581. The van der Waals surface area contributed by atoms with Crippen molar-refractivity contribution < 1.29 is 19.4 Å². The Morgan fingerprint density at radius 1 is 1.06 bits per heavy atom. The summed E-state index contributed by atoms with van der Waals surface area (Å²) in [5, 5.41) is 17.0. The molecule has 7 heteroatoms. The first-order chi connectivity index (χ1) is 16.1. The van der Waals surface area contributed by atoms with E-state index >= 15 is 0 Å². The SMILES string of the molecule is CNC(=O)c1c(C=O)c2c3ccccc3n3c2c2c1c1ccccc1n2C(OC)C(O)CC3. The lowest BCUT2D eigenvalue weighted by Gasteiger charge is -2.28. The monoisotopic (exact) mass is 441 g/mol. The summed E-state index contributed by atoms with van der Waals surface area (Å²) >= 11 is 0.